The van der Waals surface area contributed by atoms with Crippen molar-refractivity contribution in [1.82, 2.24) is 5.32 Å². The van der Waals surface area contributed by atoms with Gasteiger partial charge in [0.25, 0.3) is 0 Å². The van der Waals surface area contributed by atoms with E-state index >= 15 is 0 Å². The number of nitrogens with one attached hydrogen (secondary N) is 1. The van der Waals surface area contributed by atoms with Crippen LogP contribution in [0.2, 0.25) is 0 Å². The molecular formula is C19H38NNaO4S. The van der Waals surface area contributed by atoms with Crippen molar-refractivity contribution in [3.8, 4) is 0 Å². The van der Waals surface area contributed by atoms with Crippen LogP contribution in [-0.4, -0.2) is 24.3 Å². The fourth-order valence-electron chi connectivity index (χ4n) is 2.93. The summed E-state index contributed by atoms with van der Waals surface area (Å²) in [5.41, 5.74) is 0. The van der Waals surface area contributed by atoms with Crippen molar-refractivity contribution in [3.05, 3.63) is 0 Å². The van der Waals surface area contributed by atoms with Crippen molar-refractivity contribution in [2.24, 2.45) is 0 Å². The smallest absolute Gasteiger partial charge is 0.746 e. The van der Waals surface area contributed by atoms with Gasteiger partial charge in [-0.15, -0.1) is 0 Å². The van der Waals surface area contributed by atoms with E-state index in [0.717, 1.165) is 19.3 Å². The number of hydrogen-bond donors (Lipinski definition) is 1. The molecule has 1 amide bonds. The summed E-state index contributed by atoms with van der Waals surface area (Å²) < 4.78 is 32.7. The first-order chi connectivity index (χ1) is 11.9. The quantitative estimate of drug-likeness (QED) is 0.230. The molecule has 150 valence electrons. The van der Waals surface area contributed by atoms with Gasteiger partial charge >= 0.3 is 29.6 Å². The van der Waals surface area contributed by atoms with Crippen LogP contribution in [0, 0.1) is 0 Å². The van der Waals surface area contributed by atoms with Crippen LogP contribution in [0.4, 0.5) is 0 Å². The molecule has 0 aliphatic rings. The summed E-state index contributed by atoms with van der Waals surface area (Å²) in [5, 5.41) is 1.02. The van der Waals surface area contributed by atoms with Crippen molar-refractivity contribution in [3.63, 3.8) is 0 Å². The zero-order valence-electron chi connectivity index (χ0n) is 17.2. The molecule has 1 atom stereocenters. The van der Waals surface area contributed by atoms with Crippen LogP contribution in [0.15, 0.2) is 0 Å². The molecule has 0 aliphatic carbocycles. The van der Waals surface area contributed by atoms with Crippen LogP contribution >= 0.6 is 0 Å². The maximum atomic E-state index is 11.6. The molecule has 0 saturated carbocycles. The summed E-state index contributed by atoms with van der Waals surface area (Å²) in [6.45, 7) is 3.82. The predicted octanol–water partition coefficient (Wildman–Crippen LogP) is 1.87. The van der Waals surface area contributed by atoms with E-state index in [9.17, 15) is 17.8 Å². The molecule has 0 aromatic carbocycles. The first-order valence-electron chi connectivity index (χ1n) is 10.2. The zero-order chi connectivity index (χ0) is 19.0. The van der Waals surface area contributed by atoms with E-state index in [4.69, 9.17) is 0 Å². The molecular weight excluding hydrogens is 361 g/mol. The minimum atomic E-state index is -4.45. The van der Waals surface area contributed by atoms with E-state index in [0.29, 0.717) is 6.42 Å². The number of unbranched alkanes of at least 4 members (excludes halogenated alkanes) is 12. The fourth-order valence-corrected chi connectivity index (χ4v) is 3.62. The second kappa shape index (κ2) is 18.7. The molecule has 0 rings (SSSR count). The number of amides is 1. The minimum Gasteiger partial charge on any atom is -0.746 e. The average molecular weight is 400 g/mol. The van der Waals surface area contributed by atoms with Crippen LogP contribution in [-0.2, 0) is 14.9 Å². The van der Waals surface area contributed by atoms with Gasteiger partial charge in [-0.25, -0.2) is 8.42 Å². The van der Waals surface area contributed by atoms with Gasteiger partial charge in [-0.2, -0.15) is 0 Å². The topological polar surface area (TPSA) is 86.3 Å². The van der Waals surface area contributed by atoms with Crippen molar-refractivity contribution < 1.29 is 47.3 Å². The second-order valence-corrected chi connectivity index (χ2v) is 8.50. The Hall–Kier alpha value is 0.380. The van der Waals surface area contributed by atoms with Crippen LogP contribution in [0.1, 0.15) is 110 Å². The van der Waals surface area contributed by atoms with Gasteiger partial charge in [0.05, 0.1) is 0 Å². The van der Waals surface area contributed by atoms with Crippen LogP contribution in [0.25, 0.3) is 0 Å². The Kier molecular flexibility index (Phi) is 20.6. The van der Waals surface area contributed by atoms with Gasteiger partial charge < -0.3 is 9.87 Å². The van der Waals surface area contributed by atoms with E-state index in [-0.39, 0.29) is 41.9 Å². The molecule has 5 nitrogen and oxygen atoms in total. The standard InChI is InChI=1S/C19H39NO4S.Na/c1-3-5-6-7-8-9-10-11-12-13-14-15-16-17-18(21)20-19(4-2)25(22,23)24;/h19H,3-17H2,1-2H3,(H,20,21)(H,22,23,24);/q;+1/p-1. The molecule has 1 N–H and O–H groups in total. The normalized spacial score (nSPS) is 12.4. The molecule has 7 heteroatoms. The summed E-state index contributed by atoms with van der Waals surface area (Å²) in [6.07, 6.45) is 16.5. The predicted molar refractivity (Wildman–Crippen MR) is 102 cm³/mol. The van der Waals surface area contributed by atoms with Crippen LogP contribution < -0.4 is 34.9 Å². The maximum absolute atomic E-state index is 11.6. The molecule has 1 unspecified atom stereocenters. The second-order valence-electron chi connectivity index (χ2n) is 6.95. The summed E-state index contributed by atoms with van der Waals surface area (Å²) in [7, 11) is -4.45. The third-order valence-corrected chi connectivity index (χ3v) is 5.70. The zero-order valence-corrected chi connectivity index (χ0v) is 20.0. The molecule has 0 radical (unpaired) electrons. The van der Waals surface area contributed by atoms with Gasteiger partial charge in [-0.3, -0.25) is 4.79 Å². The first-order valence-corrected chi connectivity index (χ1v) is 11.6. The Morgan fingerprint density at radius 1 is 0.808 bits per heavy atom. The Morgan fingerprint density at radius 2 is 1.19 bits per heavy atom. The van der Waals surface area contributed by atoms with Crippen LogP contribution in [0.5, 0.6) is 0 Å². The van der Waals surface area contributed by atoms with E-state index < -0.39 is 15.5 Å². The third kappa shape index (κ3) is 17.8. The van der Waals surface area contributed by atoms with Crippen molar-refractivity contribution in [2.75, 3.05) is 0 Å². The number of carbonyl (C=O) groups excluding carboxylic acids is 1. The Bertz CT molecular complexity index is 429. The average Bonchev–Trinajstić information content (AvgIpc) is 2.55. The number of hydrogen-bond acceptors (Lipinski definition) is 4. The van der Waals surface area contributed by atoms with E-state index in [2.05, 4.69) is 12.2 Å². The van der Waals surface area contributed by atoms with Gasteiger partial charge in [0.2, 0.25) is 5.91 Å². The van der Waals surface area contributed by atoms with Crippen LogP contribution in [0.3, 0.4) is 0 Å². The summed E-state index contributed by atoms with van der Waals surface area (Å²) >= 11 is 0. The fraction of sp³-hybridized carbons (Fsp3) is 0.947. The monoisotopic (exact) mass is 399 g/mol. The molecule has 0 aromatic rings. The third-order valence-electron chi connectivity index (χ3n) is 4.55. The van der Waals surface area contributed by atoms with Crippen molar-refractivity contribution in [2.45, 2.75) is 116 Å². The van der Waals surface area contributed by atoms with E-state index in [1.54, 1.807) is 6.92 Å². The number of carbonyl (C=O) groups is 1. The minimum absolute atomic E-state index is 0. The summed E-state index contributed by atoms with van der Waals surface area (Å²) in [5.74, 6) is -0.339. The van der Waals surface area contributed by atoms with Gasteiger partial charge in [-0.05, 0) is 12.8 Å². The molecule has 0 heterocycles. The summed E-state index contributed by atoms with van der Waals surface area (Å²) in [4.78, 5) is 11.6. The molecule has 0 spiro atoms. The molecule has 26 heavy (non-hydrogen) atoms. The van der Waals surface area contributed by atoms with Gasteiger partial charge in [0.15, 0.2) is 0 Å². The van der Waals surface area contributed by atoms with Gasteiger partial charge in [0, 0.05) is 6.42 Å². The Balaban J connectivity index is 0. The van der Waals surface area contributed by atoms with Crippen molar-refractivity contribution in [1.29, 1.82) is 0 Å². The Labute approximate surface area is 183 Å². The molecule has 0 bridgehead atoms. The van der Waals surface area contributed by atoms with Gasteiger partial charge in [0.1, 0.15) is 15.5 Å². The van der Waals surface area contributed by atoms with E-state index in [1.165, 1.54) is 64.2 Å². The molecule has 0 saturated heterocycles. The largest absolute Gasteiger partial charge is 1.00 e. The maximum Gasteiger partial charge on any atom is 1.00 e. The summed E-state index contributed by atoms with van der Waals surface area (Å²) in [6, 6.07) is 0. The number of rotatable bonds is 17. The Morgan fingerprint density at radius 3 is 1.54 bits per heavy atom. The first kappa shape index (κ1) is 28.6. The SMILES string of the molecule is CCCCCCCCCCCCCCCC(=O)NC(CC)S(=O)(=O)[O-].[Na+]. The molecule has 0 fully saturated rings. The molecule has 0 aromatic heterocycles. The van der Waals surface area contributed by atoms with Crippen molar-refractivity contribution >= 4 is 16.0 Å². The van der Waals surface area contributed by atoms with E-state index in [1.807, 2.05) is 0 Å². The van der Waals surface area contributed by atoms with Gasteiger partial charge in [-0.1, -0.05) is 90.9 Å². The molecule has 0 aliphatic heterocycles.